The molecule has 0 aromatic carbocycles. The van der Waals surface area contributed by atoms with Crippen LogP contribution in [0.1, 0.15) is 32.1 Å². The zero-order chi connectivity index (χ0) is 12.8. The lowest BCUT2D eigenvalue weighted by atomic mass is 10.2. The van der Waals surface area contributed by atoms with Crippen molar-refractivity contribution in [2.75, 3.05) is 0 Å². The molecular formula is C9H15N5O3. The van der Waals surface area contributed by atoms with Crippen LogP contribution in [-0.2, 0) is 16.1 Å². The predicted molar refractivity (Wildman–Crippen MR) is 57.2 cm³/mol. The number of hydrazine groups is 1. The second kappa shape index (κ2) is 5.94. The summed E-state index contributed by atoms with van der Waals surface area (Å²) in [5.41, 5.74) is 4.77. The van der Waals surface area contributed by atoms with E-state index >= 15 is 0 Å². The Kier molecular flexibility index (Phi) is 4.58. The van der Waals surface area contributed by atoms with Crippen molar-refractivity contribution in [2.24, 2.45) is 0 Å². The van der Waals surface area contributed by atoms with E-state index in [0.29, 0.717) is 12.1 Å². The topological polar surface area (TPSA) is 109 Å². The maximum absolute atomic E-state index is 11.3. The summed E-state index contributed by atoms with van der Waals surface area (Å²) in [6, 6.07) is 0. The van der Waals surface area contributed by atoms with Gasteiger partial charge in [-0.3, -0.25) is 20.4 Å². The van der Waals surface area contributed by atoms with E-state index in [1.165, 1.54) is 17.8 Å². The van der Waals surface area contributed by atoms with Gasteiger partial charge in [-0.05, 0) is 6.42 Å². The van der Waals surface area contributed by atoms with E-state index in [4.69, 9.17) is 0 Å². The number of carbonyl (C=O) groups excluding carboxylic acids is 2. The first-order valence-electron chi connectivity index (χ1n) is 5.16. The Morgan fingerprint density at radius 1 is 1.53 bits per heavy atom. The zero-order valence-electron chi connectivity index (χ0n) is 9.67. The van der Waals surface area contributed by atoms with Crippen LogP contribution in [0.15, 0.2) is 6.20 Å². The first-order valence-corrected chi connectivity index (χ1v) is 5.16. The molecule has 2 amide bonds. The molecule has 94 valence electrons. The average Bonchev–Trinajstić information content (AvgIpc) is 2.73. The van der Waals surface area contributed by atoms with E-state index in [1.807, 2.05) is 6.92 Å². The lowest BCUT2D eigenvalue weighted by molar-refractivity contribution is -0.128. The lowest BCUT2D eigenvalue weighted by Gasteiger charge is -2.04. The van der Waals surface area contributed by atoms with Gasteiger partial charge in [-0.2, -0.15) is 0 Å². The van der Waals surface area contributed by atoms with Crippen LogP contribution >= 0.6 is 0 Å². The fraction of sp³-hybridized carbons (Fsp3) is 0.556. The smallest absolute Gasteiger partial charge is 0.260 e. The van der Waals surface area contributed by atoms with Crippen LogP contribution in [0, 0.1) is 0 Å². The third kappa shape index (κ3) is 4.19. The van der Waals surface area contributed by atoms with Gasteiger partial charge in [-0.15, -0.1) is 5.10 Å². The van der Waals surface area contributed by atoms with E-state index in [0.717, 1.165) is 0 Å². The maximum Gasteiger partial charge on any atom is 0.260 e. The van der Waals surface area contributed by atoms with Crippen molar-refractivity contribution >= 4 is 11.8 Å². The molecule has 3 N–H and O–H groups in total. The molecule has 1 unspecified atom stereocenters. The van der Waals surface area contributed by atoms with Crippen molar-refractivity contribution in [3.63, 3.8) is 0 Å². The van der Waals surface area contributed by atoms with Gasteiger partial charge >= 0.3 is 0 Å². The highest BCUT2D eigenvalue weighted by Gasteiger charge is 2.11. The Labute approximate surface area is 98.0 Å². The van der Waals surface area contributed by atoms with Crippen LogP contribution in [0.4, 0.5) is 0 Å². The molecule has 1 aromatic rings. The van der Waals surface area contributed by atoms with Crippen molar-refractivity contribution in [2.45, 2.75) is 32.9 Å². The third-order valence-electron chi connectivity index (χ3n) is 1.97. The van der Waals surface area contributed by atoms with E-state index < -0.39 is 12.0 Å². The van der Waals surface area contributed by atoms with Crippen molar-refractivity contribution in [3.8, 4) is 0 Å². The van der Waals surface area contributed by atoms with E-state index in [9.17, 15) is 14.7 Å². The number of nitrogens with one attached hydrogen (secondary N) is 2. The van der Waals surface area contributed by atoms with Gasteiger partial charge in [0, 0.05) is 6.92 Å². The van der Waals surface area contributed by atoms with E-state index in [2.05, 4.69) is 21.2 Å². The zero-order valence-corrected chi connectivity index (χ0v) is 9.67. The van der Waals surface area contributed by atoms with Crippen LogP contribution in [0.5, 0.6) is 0 Å². The summed E-state index contributed by atoms with van der Waals surface area (Å²) < 4.78 is 1.28. The number of hydrogen-bond donors (Lipinski definition) is 3. The molecule has 0 saturated heterocycles. The van der Waals surface area contributed by atoms with Gasteiger partial charge < -0.3 is 5.11 Å². The number of amides is 2. The number of nitrogens with zero attached hydrogens (tertiary/aromatic N) is 3. The average molecular weight is 241 g/mol. The minimum absolute atomic E-state index is 0.0796. The first-order chi connectivity index (χ1) is 8.02. The molecular weight excluding hydrogens is 226 g/mol. The third-order valence-corrected chi connectivity index (χ3v) is 1.97. The van der Waals surface area contributed by atoms with Gasteiger partial charge in [0.2, 0.25) is 5.91 Å². The summed E-state index contributed by atoms with van der Waals surface area (Å²) in [5, 5.41) is 16.9. The highest BCUT2D eigenvalue weighted by Crippen LogP contribution is 2.11. The Balaban J connectivity index is 2.48. The number of hydrogen-bond acceptors (Lipinski definition) is 5. The number of aromatic nitrogens is 3. The minimum Gasteiger partial charge on any atom is -0.387 e. The highest BCUT2D eigenvalue weighted by molar-refractivity contribution is 5.80. The molecule has 0 fully saturated rings. The molecule has 1 atom stereocenters. The van der Waals surface area contributed by atoms with Crippen LogP contribution in [0.3, 0.4) is 0 Å². The second-order valence-corrected chi connectivity index (χ2v) is 3.49. The SMILES string of the molecule is CCC(O)c1cn(CC(=O)NNC(C)=O)nn1. The summed E-state index contributed by atoms with van der Waals surface area (Å²) in [6.45, 7) is 3.02. The molecule has 0 radical (unpaired) electrons. The largest absolute Gasteiger partial charge is 0.387 e. The van der Waals surface area contributed by atoms with Crippen molar-refractivity contribution in [1.82, 2.24) is 25.8 Å². The van der Waals surface area contributed by atoms with Crippen LogP contribution < -0.4 is 10.9 Å². The number of carbonyl (C=O) groups is 2. The molecule has 17 heavy (non-hydrogen) atoms. The molecule has 0 spiro atoms. The summed E-state index contributed by atoms with van der Waals surface area (Å²) in [7, 11) is 0. The predicted octanol–water partition coefficient (Wildman–Crippen LogP) is -1.11. The molecule has 0 aliphatic rings. The molecule has 0 bridgehead atoms. The van der Waals surface area contributed by atoms with Gasteiger partial charge in [0.1, 0.15) is 12.2 Å². The monoisotopic (exact) mass is 241 g/mol. The van der Waals surface area contributed by atoms with Crippen LogP contribution in [-0.4, -0.2) is 31.9 Å². The number of rotatable bonds is 4. The van der Waals surface area contributed by atoms with Crippen LogP contribution in [0.25, 0.3) is 0 Å². The molecule has 8 heteroatoms. The van der Waals surface area contributed by atoms with E-state index in [1.54, 1.807) is 0 Å². The Bertz CT molecular complexity index is 403. The Morgan fingerprint density at radius 2 is 2.24 bits per heavy atom. The molecule has 0 aliphatic carbocycles. The first kappa shape index (κ1) is 13.1. The van der Waals surface area contributed by atoms with Crippen molar-refractivity contribution in [1.29, 1.82) is 0 Å². The fourth-order valence-corrected chi connectivity index (χ4v) is 1.10. The Morgan fingerprint density at radius 3 is 2.82 bits per heavy atom. The van der Waals surface area contributed by atoms with E-state index in [-0.39, 0.29) is 12.5 Å². The minimum atomic E-state index is -0.679. The molecule has 1 aromatic heterocycles. The quantitative estimate of drug-likeness (QED) is 0.579. The summed E-state index contributed by atoms with van der Waals surface area (Å²) in [5.74, 6) is -0.790. The molecule has 0 saturated carbocycles. The molecule has 1 heterocycles. The lowest BCUT2D eigenvalue weighted by Crippen LogP contribution is -2.42. The highest BCUT2D eigenvalue weighted by atomic mass is 16.3. The summed E-state index contributed by atoms with van der Waals surface area (Å²) >= 11 is 0. The standard InChI is InChI=1S/C9H15N5O3/c1-3-8(16)7-4-14(13-11-7)5-9(17)12-10-6(2)15/h4,8,16H,3,5H2,1-2H3,(H,10,15)(H,12,17). The van der Waals surface area contributed by atoms with Crippen molar-refractivity contribution in [3.05, 3.63) is 11.9 Å². The van der Waals surface area contributed by atoms with Crippen molar-refractivity contribution < 1.29 is 14.7 Å². The van der Waals surface area contributed by atoms with Gasteiger partial charge in [0.15, 0.2) is 0 Å². The number of aliphatic hydroxyl groups excluding tert-OH is 1. The van der Waals surface area contributed by atoms with Gasteiger partial charge in [0.05, 0.1) is 12.3 Å². The molecule has 1 rings (SSSR count). The van der Waals surface area contributed by atoms with Crippen LogP contribution in [0.2, 0.25) is 0 Å². The normalized spacial score (nSPS) is 11.9. The second-order valence-electron chi connectivity index (χ2n) is 3.49. The molecule has 8 nitrogen and oxygen atoms in total. The number of aliphatic hydroxyl groups is 1. The van der Waals surface area contributed by atoms with Gasteiger partial charge in [-0.25, -0.2) is 4.68 Å². The Hall–Kier alpha value is -1.96. The molecule has 0 aliphatic heterocycles. The fourth-order valence-electron chi connectivity index (χ4n) is 1.10. The summed E-state index contributed by atoms with van der Waals surface area (Å²) in [4.78, 5) is 21.8. The maximum atomic E-state index is 11.3. The van der Waals surface area contributed by atoms with Gasteiger partial charge in [-0.1, -0.05) is 12.1 Å². The van der Waals surface area contributed by atoms with Gasteiger partial charge in [0.25, 0.3) is 5.91 Å². The summed E-state index contributed by atoms with van der Waals surface area (Å²) in [6.07, 6.45) is 1.33.